The molecular formula is C25H28N4O3. The van der Waals surface area contributed by atoms with Crippen LogP contribution in [-0.4, -0.2) is 55.3 Å². The van der Waals surface area contributed by atoms with E-state index in [0.717, 1.165) is 53.5 Å². The molecule has 32 heavy (non-hydrogen) atoms. The molecule has 4 aliphatic rings. The lowest BCUT2D eigenvalue weighted by molar-refractivity contribution is -0.136. The molecular weight excluding hydrogens is 404 g/mol. The molecule has 3 aliphatic heterocycles. The van der Waals surface area contributed by atoms with Crippen molar-refractivity contribution in [1.29, 1.82) is 0 Å². The minimum absolute atomic E-state index is 0.0133. The molecule has 0 aromatic heterocycles. The van der Waals surface area contributed by atoms with Gasteiger partial charge in [0.1, 0.15) is 6.29 Å². The smallest absolute Gasteiger partial charge is 0.229 e. The van der Waals surface area contributed by atoms with Crippen LogP contribution in [0.4, 0.5) is 0 Å². The molecule has 166 valence electrons. The zero-order chi connectivity index (χ0) is 21.7. The van der Waals surface area contributed by atoms with Crippen LogP contribution in [0.1, 0.15) is 30.7 Å². The predicted octanol–water partition coefficient (Wildman–Crippen LogP) is 1.81. The molecule has 2 saturated heterocycles. The van der Waals surface area contributed by atoms with Gasteiger partial charge in [-0.1, -0.05) is 42.5 Å². The van der Waals surface area contributed by atoms with Gasteiger partial charge < -0.3 is 15.4 Å². The zero-order valence-electron chi connectivity index (χ0n) is 18.0. The van der Waals surface area contributed by atoms with E-state index in [2.05, 4.69) is 45.1 Å². The van der Waals surface area contributed by atoms with E-state index in [1.165, 1.54) is 0 Å². The number of benzene rings is 2. The summed E-state index contributed by atoms with van der Waals surface area (Å²) in [6.07, 6.45) is 1.77. The van der Waals surface area contributed by atoms with E-state index in [1.807, 2.05) is 18.2 Å². The van der Waals surface area contributed by atoms with Crippen LogP contribution in [-0.2, 0) is 14.3 Å². The molecule has 4 atom stereocenters. The molecule has 2 aromatic rings. The third-order valence-corrected chi connectivity index (χ3v) is 7.30. The maximum absolute atomic E-state index is 13.6. The number of nitrogens with zero attached hydrogens (tertiary/aromatic N) is 1. The summed E-state index contributed by atoms with van der Waals surface area (Å²) in [5.74, 6) is -0.522. The molecule has 0 radical (unpaired) electrons. The Morgan fingerprint density at radius 3 is 2.62 bits per heavy atom. The van der Waals surface area contributed by atoms with Crippen molar-refractivity contribution in [3.8, 4) is 0 Å². The van der Waals surface area contributed by atoms with Gasteiger partial charge in [0.15, 0.2) is 5.78 Å². The molecule has 0 bridgehead atoms. The number of ketones is 1. The van der Waals surface area contributed by atoms with Crippen LogP contribution in [0, 0.1) is 5.92 Å². The number of morpholine rings is 1. The Kier molecular flexibility index (Phi) is 4.97. The largest absolute Gasteiger partial charge is 0.379 e. The Labute approximate surface area is 187 Å². The third kappa shape index (κ3) is 3.23. The minimum Gasteiger partial charge on any atom is -0.379 e. The molecule has 0 spiro atoms. The molecule has 2 aromatic carbocycles. The second-order valence-electron chi connectivity index (χ2n) is 9.09. The topological polar surface area (TPSA) is 82.7 Å². The van der Waals surface area contributed by atoms with Crippen LogP contribution in [0.3, 0.4) is 0 Å². The fourth-order valence-electron chi connectivity index (χ4n) is 5.82. The highest BCUT2D eigenvalue weighted by Gasteiger charge is 2.50. The van der Waals surface area contributed by atoms with Crippen LogP contribution in [0.25, 0.3) is 10.8 Å². The summed E-state index contributed by atoms with van der Waals surface area (Å²) in [5, 5.41) is 12.6. The maximum Gasteiger partial charge on any atom is 0.229 e. The summed E-state index contributed by atoms with van der Waals surface area (Å²) in [5.41, 5.74) is 2.86. The van der Waals surface area contributed by atoms with E-state index in [-0.39, 0.29) is 30.1 Å². The average Bonchev–Trinajstić information content (AvgIpc) is 2.83. The average molecular weight is 433 g/mol. The number of amides is 1. The van der Waals surface area contributed by atoms with E-state index in [0.29, 0.717) is 19.6 Å². The van der Waals surface area contributed by atoms with E-state index >= 15 is 0 Å². The van der Waals surface area contributed by atoms with Gasteiger partial charge >= 0.3 is 0 Å². The van der Waals surface area contributed by atoms with Gasteiger partial charge in [-0.15, -0.1) is 0 Å². The van der Waals surface area contributed by atoms with Crippen LogP contribution < -0.4 is 16.0 Å². The maximum atomic E-state index is 13.6. The van der Waals surface area contributed by atoms with Gasteiger partial charge in [0.2, 0.25) is 5.91 Å². The van der Waals surface area contributed by atoms with Crippen LogP contribution in [0.15, 0.2) is 53.7 Å². The van der Waals surface area contributed by atoms with Gasteiger partial charge in [0.25, 0.3) is 0 Å². The third-order valence-electron chi connectivity index (χ3n) is 7.30. The van der Waals surface area contributed by atoms with E-state index in [9.17, 15) is 9.59 Å². The normalized spacial score (nSPS) is 31.0. The molecule has 1 aliphatic carbocycles. The summed E-state index contributed by atoms with van der Waals surface area (Å²) in [4.78, 5) is 29.0. The number of rotatable bonds is 2. The Morgan fingerprint density at radius 2 is 1.75 bits per heavy atom. The first kappa shape index (κ1) is 19.9. The highest BCUT2D eigenvalue weighted by Crippen LogP contribution is 2.45. The number of hydrogen-bond acceptors (Lipinski definition) is 6. The van der Waals surface area contributed by atoms with Crippen molar-refractivity contribution in [2.45, 2.75) is 37.6 Å². The highest BCUT2D eigenvalue weighted by molar-refractivity contribution is 6.01. The lowest BCUT2D eigenvalue weighted by Crippen LogP contribution is -2.73. The molecule has 6 rings (SSSR count). The highest BCUT2D eigenvalue weighted by atomic mass is 16.5. The van der Waals surface area contributed by atoms with Crippen LogP contribution in [0.2, 0.25) is 0 Å². The number of nitrogens with one attached hydrogen (secondary N) is 3. The standard InChI is InChI=1S/C25H28N4O3/c30-19-10-4-9-18-21(19)20(17-8-3-6-15-5-1-2-7-16(15)17)22-23(26-18)27-25(28-24(22)31)29-11-13-32-14-12-29/h1-3,5-8,20,22-23,25-27H,4,9-14H2,(H,28,31). The molecule has 0 saturated carbocycles. The Balaban J connectivity index is 1.45. The van der Waals surface area contributed by atoms with E-state index < -0.39 is 5.92 Å². The number of allylic oxidation sites excluding steroid dienone is 2. The van der Waals surface area contributed by atoms with E-state index in [4.69, 9.17) is 4.74 Å². The van der Waals surface area contributed by atoms with Gasteiger partial charge in [-0.25, -0.2) is 0 Å². The number of ether oxygens (including phenoxy) is 1. The number of fused-ring (bicyclic) bond motifs is 2. The number of hydrogen-bond donors (Lipinski definition) is 3. The van der Waals surface area contributed by atoms with Crippen LogP contribution in [0.5, 0.6) is 0 Å². The molecule has 7 heteroatoms. The van der Waals surface area contributed by atoms with Crippen molar-refractivity contribution in [1.82, 2.24) is 20.9 Å². The lowest BCUT2D eigenvalue weighted by atomic mass is 9.69. The number of carbonyl (C=O) groups is 2. The zero-order valence-corrected chi connectivity index (χ0v) is 18.0. The Bertz CT molecular complexity index is 1100. The van der Waals surface area contributed by atoms with Crippen molar-refractivity contribution in [2.24, 2.45) is 5.92 Å². The van der Waals surface area contributed by atoms with Crippen molar-refractivity contribution in [3.05, 3.63) is 59.3 Å². The second kappa shape index (κ2) is 7.99. The van der Waals surface area contributed by atoms with Gasteiger partial charge in [0, 0.05) is 36.7 Å². The van der Waals surface area contributed by atoms with Gasteiger partial charge in [-0.3, -0.25) is 19.8 Å². The van der Waals surface area contributed by atoms with Gasteiger partial charge in [-0.2, -0.15) is 0 Å². The fraction of sp³-hybridized carbons (Fsp3) is 0.440. The summed E-state index contributed by atoms with van der Waals surface area (Å²) in [7, 11) is 0. The Morgan fingerprint density at radius 1 is 0.938 bits per heavy atom. The number of carbonyl (C=O) groups excluding carboxylic acids is 2. The quantitative estimate of drug-likeness (QED) is 0.672. The lowest BCUT2D eigenvalue weighted by Gasteiger charge is -2.49. The predicted molar refractivity (Wildman–Crippen MR) is 120 cm³/mol. The second-order valence-corrected chi connectivity index (χ2v) is 9.09. The van der Waals surface area contributed by atoms with E-state index in [1.54, 1.807) is 0 Å². The summed E-state index contributed by atoms with van der Waals surface area (Å²) in [6.45, 7) is 2.87. The summed E-state index contributed by atoms with van der Waals surface area (Å²) < 4.78 is 5.48. The van der Waals surface area contributed by atoms with Crippen molar-refractivity contribution >= 4 is 22.5 Å². The molecule has 3 heterocycles. The molecule has 4 unspecified atom stereocenters. The number of Topliss-reactive ketones (excluding diaryl/α,β-unsaturated/α-hetero) is 1. The monoisotopic (exact) mass is 432 g/mol. The first-order chi connectivity index (χ1) is 15.7. The molecule has 7 nitrogen and oxygen atoms in total. The molecule has 3 N–H and O–H groups in total. The van der Waals surface area contributed by atoms with Gasteiger partial charge in [0.05, 0.1) is 25.3 Å². The van der Waals surface area contributed by atoms with Gasteiger partial charge in [-0.05, 0) is 29.2 Å². The van der Waals surface area contributed by atoms with Crippen molar-refractivity contribution < 1.29 is 14.3 Å². The first-order valence-electron chi connectivity index (χ1n) is 11.6. The van der Waals surface area contributed by atoms with Crippen LogP contribution >= 0.6 is 0 Å². The summed E-state index contributed by atoms with van der Waals surface area (Å²) >= 11 is 0. The Hall–Kier alpha value is -2.74. The first-order valence-corrected chi connectivity index (χ1v) is 11.6. The summed E-state index contributed by atoms with van der Waals surface area (Å²) in [6, 6.07) is 14.4. The molecule has 1 amide bonds. The van der Waals surface area contributed by atoms with Crippen molar-refractivity contribution in [3.63, 3.8) is 0 Å². The molecule has 2 fully saturated rings. The van der Waals surface area contributed by atoms with Crippen molar-refractivity contribution in [2.75, 3.05) is 26.3 Å². The SMILES string of the molecule is O=C1CCCC2=C1C(c1cccc3ccccc13)C1C(=O)NC(N3CCOCC3)NC1N2. The minimum atomic E-state index is -0.404. The fourth-order valence-corrected chi connectivity index (χ4v) is 5.82.